The van der Waals surface area contributed by atoms with Gasteiger partial charge in [-0.25, -0.2) is 9.97 Å². The van der Waals surface area contributed by atoms with Gasteiger partial charge in [0.15, 0.2) is 5.65 Å². The largest absolute Gasteiger partial charge is 0.296 e. The van der Waals surface area contributed by atoms with Crippen molar-refractivity contribution in [3.8, 4) is 0 Å². The minimum atomic E-state index is 0.496. The molecule has 20 heavy (non-hydrogen) atoms. The first kappa shape index (κ1) is 13.8. The Morgan fingerprint density at radius 3 is 2.80 bits per heavy atom. The van der Waals surface area contributed by atoms with E-state index in [1.165, 1.54) is 32.1 Å². The van der Waals surface area contributed by atoms with Crippen LogP contribution in [0.2, 0.25) is 5.15 Å². The summed E-state index contributed by atoms with van der Waals surface area (Å²) in [5.74, 6) is 0.777. The third-order valence-electron chi connectivity index (χ3n) is 4.18. The molecule has 108 valence electrons. The van der Waals surface area contributed by atoms with Gasteiger partial charge in [-0.2, -0.15) is 5.10 Å². The Morgan fingerprint density at radius 2 is 2.05 bits per heavy atom. The molecule has 0 N–H and O–H groups in total. The van der Waals surface area contributed by atoms with Crippen molar-refractivity contribution in [2.24, 2.45) is 7.05 Å². The quantitative estimate of drug-likeness (QED) is 0.817. The molecule has 0 bridgehead atoms. The summed E-state index contributed by atoms with van der Waals surface area (Å²) in [5, 5.41) is 5.50. The molecule has 2 aromatic heterocycles. The second kappa shape index (κ2) is 5.66. The predicted octanol–water partition coefficient (Wildman–Crippen LogP) is 2.78. The fourth-order valence-corrected chi connectivity index (χ4v) is 3.21. The number of nitrogens with zero attached hydrogens (tertiary/aromatic N) is 5. The number of fused-ring (bicyclic) bond motifs is 1. The number of hydrogen-bond donors (Lipinski definition) is 0. The minimum absolute atomic E-state index is 0.496. The molecule has 0 aromatic carbocycles. The summed E-state index contributed by atoms with van der Waals surface area (Å²) in [7, 11) is 4.03. The van der Waals surface area contributed by atoms with E-state index in [9.17, 15) is 0 Å². The highest BCUT2D eigenvalue weighted by Crippen LogP contribution is 2.24. The maximum Gasteiger partial charge on any atom is 0.162 e. The first-order valence-electron chi connectivity index (χ1n) is 7.19. The van der Waals surface area contributed by atoms with Crippen LogP contribution in [-0.2, 0) is 13.6 Å². The molecule has 2 aromatic rings. The maximum absolute atomic E-state index is 6.22. The molecule has 0 saturated heterocycles. The first-order valence-corrected chi connectivity index (χ1v) is 7.57. The van der Waals surface area contributed by atoms with E-state index in [1.807, 2.05) is 7.05 Å². The molecule has 0 spiro atoms. The van der Waals surface area contributed by atoms with Crippen molar-refractivity contribution in [3.05, 3.63) is 17.2 Å². The van der Waals surface area contributed by atoms with Gasteiger partial charge in [0, 0.05) is 13.1 Å². The van der Waals surface area contributed by atoms with Crippen LogP contribution in [0.15, 0.2) is 6.20 Å². The number of halogens is 1. The van der Waals surface area contributed by atoms with Crippen LogP contribution in [0.3, 0.4) is 0 Å². The maximum atomic E-state index is 6.22. The molecule has 1 fully saturated rings. The second-order valence-corrected chi connectivity index (χ2v) is 6.00. The molecule has 1 saturated carbocycles. The fourth-order valence-electron chi connectivity index (χ4n) is 2.97. The zero-order chi connectivity index (χ0) is 14.1. The van der Waals surface area contributed by atoms with E-state index in [-0.39, 0.29) is 0 Å². The van der Waals surface area contributed by atoms with Gasteiger partial charge in [-0.3, -0.25) is 9.58 Å². The van der Waals surface area contributed by atoms with E-state index in [2.05, 4.69) is 27.0 Å². The molecule has 0 amide bonds. The van der Waals surface area contributed by atoms with Crippen LogP contribution in [0, 0.1) is 0 Å². The molecule has 1 aliphatic carbocycles. The van der Waals surface area contributed by atoms with Crippen molar-refractivity contribution < 1.29 is 0 Å². The third kappa shape index (κ3) is 2.65. The van der Waals surface area contributed by atoms with Gasteiger partial charge in [-0.05, 0) is 19.9 Å². The predicted molar refractivity (Wildman–Crippen MR) is 79.7 cm³/mol. The zero-order valence-electron chi connectivity index (χ0n) is 12.0. The van der Waals surface area contributed by atoms with Crippen molar-refractivity contribution in [1.29, 1.82) is 0 Å². The highest BCUT2D eigenvalue weighted by molar-refractivity contribution is 6.33. The highest BCUT2D eigenvalue weighted by atomic mass is 35.5. The Balaban J connectivity index is 1.81. The lowest BCUT2D eigenvalue weighted by Gasteiger charge is -2.30. The Kier molecular flexibility index (Phi) is 3.89. The van der Waals surface area contributed by atoms with Crippen LogP contribution in [-0.4, -0.2) is 37.7 Å². The highest BCUT2D eigenvalue weighted by Gasteiger charge is 2.19. The molecular weight excluding hydrogens is 274 g/mol. The Morgan fingerprint density at radius 1 is 1.30 bits per heavy atom. The second-order valence-electron chi connectivity index (χ2n) is 5.64. The summed E-state index contributed by atoms with van der Waals surface area (Å²) in [4.78, 5) is 11.4. The van der Waals surface area contributed by atoms with Crippen LogP contribution < -0.4 is 0 Å². The standard InChI is InChI=1S/C14H20ClN5/c1-19(10-6-4-3-5-7-10)9-12-17-13(15)11-8-16-20(2)14(11)18-12/h8,10H,3-7,9H2,1-2H3. The molecule has 0 atom stereocenters. The number of aromatic nitrogens is 4. The summed E-state index contributed by atoms with van der Waals surface area (Å²) in [6.45, 7) is 0.742. The Labute approximate surface area is 124 Å². The lowest BCUT2D eigenvalue weighted by molar-refractivity contribution is 0.181. The molecule has 0 unspecified atom stereocenters. The van der Waals surface area contributed by atoms with Crippen LogP contribution in [0.4, 0.5) is 0 Å². The lowest BCUT2D eigenvalue weighted by Crippen LogP contribution is -2.33. The summed E-state index contributed by atoms with van der Waals surface area (Å²) in [6, 6.07) is 0.647. The molecular formula is C14H20ClN5. The van der Waals surface area contributed by atoms with Crippen molar-refractivity contribution in [1.82, 2.24) is 24.6 Å². The van der Waals surface area contributed by atoms with E-state index in [0.717, 1.165) is 23.4 Å². The van der Waals surface area contributed by atoms with Crippen LogP contribution in [0.1, 0.15) is 37.9 Å². The fraction of sp³-hybridized carbons (Fsp3) is 0.643. The van der Waals surface area contributed by atoms with Crippen LogP contribution in [0.25, 0.3) is 11.0 Å². The van der Waals surface area contributed by atoms with E-state index in [1.54, 1.807) is 10.9 Å². The van der Waals surface area contributed by atoms with Gasteiger partial charge in [0.2, 0.25) is 0 Å². The Bertz CT molecular complexity index is 603. The average molecular weight is 294 g/mol. The molecule has 2 heterocycles. The van der Waals surface area contributed by atoms with Gasteiger partial charge in [0.05, 0.1) is 18.1 Å². The van der Waals surface area contributed by atoms with Gasteiger partial charge in [-0.15, -0.1) is 0 Å². The smallest absolute Gasteiger partial charge is 0.162 e. The molecule has 0 radical (unpaired) electrons. The summed E-state index contributed by atoms with van der Waals surface area (Å²) in [6.07, 6.45) is 8.30. The summed E-state index contributed by atoms with van der Waals surface area (Å²) < 4.78 is 1.74. The Hall–Kier alpha value is -1.20. The van der Waals surface area contributed by atoms with Crippen molar-refractivity contribution >= 4 is 22.6 Å². The average Bonchev–Trinajstić information content (AvgIpc) is 2.82. The van der Waals surface area contributed by atoms with Crippen molar-refractivity contribution in [2.75, 3.05) is 7.05 Å². The van der Waals surface area contributed by atoms with Crippen molar-refractivity contribution in [3.63, 3.8) is 0 Å². The number of hydrogen-bond acceptors (Lipinski definition) is 4. The van der Waals surface area contributed by atoms with Crippen LogP contribution in [0.5, 0.6) is 0 Å². The van der Waals surface area contributed by atoms with E-state index < -0.39 is 0 Å². The zero-order valence-corrected chi connectivity index (χ0v) is 12.8. The lowest BCUT2D eigenvalue weighted by atomic mass is 9.94. The normalized spacial score (nSPS) is 17.2. The van der Waals surface area contributed by atoms with Gasteiger partial charge >= 0.3 is 0 Å². The minimum Gasteiger partial charge on any atom is -0.296 e. The molecule has 0 aliphatic heterocycles. The van der Waals surface area contributed by atoms with E-state index >= 15 is 0 Å². The number of aryl methyl sites for hydroxylation is 1. The van der Waals surface area contributed by atoms with E-state index in [0.29, 0.717) is 11.2 Å². The van der Waals surface area contributed by atoms with Gasteiger partial charge < -0.3 is 0 Å². The van der Waals surface area contributed by atoms with Crippen LogP contribution >= 0.6 is 11.6 Å². The third-order valence-corrected chi connectivity index (χ3v) is 4.47. The molecule has 6 heteroatoms. The van der Waals surface area contributed by atoms with E-state index in [4.69, 9.17) is 11.6 Å². The van der Waals surface area contributed by atoms with Gasteiger partial charge in [0.25, 0.3) is 0 Å². The monoisotopic (exact) mass is 293 g/mol. The topological polar surface area (TPSA) is 46.8 Å². The van der Waals surface area contributed by atoms with Crippen molar-refractivity contribution in [2.45, 2.75) is 44.7 Å². The molecule has 3 rings (SSSR count). The molecule has 5 nitrogen and oxygen atoms in total. The summed E-state index contributed by atoms with van der Waals surface area (Å²) >= 11 is 6.22. The van der Waals surface area contributed by atoms with Gasteiger partial charge in [0.1, 0.15) is 11.0 Å². The molecule has 1 aliphatic rings. The SMILES string of the molecule is CN(Cc1nc(Cl)c2cnn(C)c2n1)C1CCCCC1. The van der Waals surface area contributed by atoms with Gasteiger partial charge in [-0.1, -0.05) is 30.9 Å². The summed E-state index contributed by atoms with van der Waals surface area (Å²) in [5.41, 5.74) is 0.803. The number of rotatable bonds is 3. The first-order chi connectivity index (χ1) is 9.65.